The van der Waals surface area contributed by atoms with Gasteiger partial charge in [0.15, 0.2) is 5.82 Å². The summed E-state index contributed by atoms with van der Waals surface area (Å²) in [6.45, 7) is 0. The second-order valence-corrected chi connectivity index (χ2v) is 6.13. The van der Waals surface area contributed by atoms with E-state index in [1.54, 1.807) is 36.4 Å². The standard InChI is InChI=1S/C24H16N4O/c25-17-20-13-7-8-14-21(20)29-23-16-15-22(27-28-23)26-24(18-9-3-1-4-10-18)19-11-5-2-6-12-19/h1-16H. The second kappa shape index (κ2) is 8.59. The van der Waals surface area contributed by atoms with Crippen LogP contribution in [0.15, 0.2) is 102 Å². The molecule has 1 aromatic heterocycles. The van der Waals surface area contributed by atoms with E-state index in [-0.39, 0.29) is 0 Å². The minimum atomic E-state index is 0.299. The number of nitriles is 1. The van der Waals surface area contributed by atoms with Crippen molar-refractivity contribution < 1.29 is 4.74 Å². The minimum absolute atomic E-state index is 0.299. The van der Waals surface area contributed by atoms with E-state index in [4.69, 9.17) is 9.73 Å². The smallest absolute Gasteiger partial charge is 0.239 e. The number of ether oxygens (including phenoxy) is 1. The van der Waals surface area contributed by atoms with Crippen LogP contribution in [0.2, 0.25) is 0 Å². The number of nitrogens with zero attached hydrogens (tertiary/aromatic N) is 4. The van der Waals surface area contributed by atoms with Crippen LogP contribution in [0.1, 0.15) is 16.7 Å². The fraction of sp³-hybridized carbons (Fsp3) is 0. The molecule has 4 rings (SSSR count). The van der Waals surface area contributed by atoms with Gasteiger partial charge in [0, 0.05) is 17.2 Å². The van der Waals surface area contributed by atoms with Crippen molar-refractivity contribution in [3.8, 4) is 17.7 Å². The summed E-state index contributed by atoms with van der Waals surface area (Å²) in [5, 5.41) is 17.4. The fourth-order valence-corrected chi connectivity index (χ4v) is 2.79. The summed E-state index contributed by atoms with van der Waals surface area (Å²) in [7, 11) is 0. The lowest BCUT2D eigenvalue weighted by molar-refractivity contribution is 0.454. The lowest BCUT2D eigenvalue weighted by Crippen LogP contribution is -2.03. The van der Waals surface area contributed by atoms with E-state index in [1.807, 2.05) is 60.7 Å². The van der Waals surface area contributed by atoms with Crippen LogP contribution < -0.4 is 4.74 Å². The highest BCUT2D eigenvalue weighted by Crippen LogP contribution is 2.24. The molecule has 0 bridgehead atoms. The van der Waals surface area contributed by atoms with Crippen molar-refractivity contribution >= 4 is 11.5 Å². The molecule has 0 spiro atoms. The lowest BCUT2D eigenvalue weighted by Gasteiger charge is -2.08. The summed E-state index contributed by atoms with van der Waals surface area (Å²) in [5.74, 6) is 1.20. The topological polar surface area (TPSA) is 71.2 Å². The van der Waals surface area contributed by atoms with Crippen molar-refractivity contribution in [1.29, 1.82) is 5.26 Å². The van der Waals surface area contributed by atoms with Gasteiger partial charge in [-0.3, -0.25) is 0 Å². The summed E-state index contributed by atoms with van der Waals surface area (Å²) in [4.78, 5) is 4.72. The molecule has 0 unspecified atom stereocenters. The van der Waals surface area contributed by atoms with Crippen LogP contribution in [-0.2, 0) is 0 Å². The number of aliphatic imine (C=N–C) groups is 1. The van der Waals surface area contributed by atoms with Crippen LogP contribution in [0.5, 0.6) is 11.6 Å². The average molecular weight is 376 g/mol. The highest BCUT2D eigenvalue weighted by Gasteiger charge is 2.09. The summed E-state index contributed by atoms with van der Waals surface area (Å²) in [6, 6.07) is 32.4. The SMILES string of the molecule is N#Cc1ccccc1Oc1ccc(N=C(c2ccccc2)c2ccccc2)nn1. The molecule has 5 heteroatoms. The molecule has 0 aliphatic rings. The van der Waals surface area contributed by atoms with E-state index < -0.39 is 0 Å². The minimum Gasteiger partial charge on any atom is -0.436 e. The normalized spacial score (nSPS) is 10.0. The van der Waals surface area contributed by atoms with Crippen LogP contribution in [0.25, 0.3) is 0 Å². The van der Waals surface area contributed by atoms with E-state index in [1.165, 1.54) is 0 Å². The molecule has 0 aliphatic carbocycles. The van der Waals surface area contributed by atoms with Crippen molar-refractivity contribution in [3.63, 3.8) is 0 Å². The van der Waals surface area contributed by atoms with Gasteiger partial charge in [0.25, 0.3) is 0 Å². The van der Waals surface area contributed by atoms with E-state index in [9.17, 15) is 5.26 Å². The second-order valence-electron chi connectivity index (χ2n) is 6.13. The molecule has 3 aromatic carbocycles. The molecule has 0 saturated heterocycles. The molecule has 0 aliphatic heterocycles. The first-order valence-electron chi connectivity index (χ1n) is 9.04. The summed E-state index contributed by atoms with van der Waals surface area (Å²) < 4.78 is 5.69. The monoisotopic (exact) mass is 376 g/mol. The van der Waals surface area contributed by atoms with E-state index in [0.717, 1.165) is 16.8 Å². The van der Waals surface area contributed by atoms with Gasteiger partial charge >= 0.3 is 0 Å². The van der Waals surface area contributed by atoms with Crippen LogP contribution in [0.4, 0.5) is 5.82 Å². The number of hydrogen-bond donors (Lipinski definition) is 0. The first kappa shape index (κ1) is 18.1. The van der Waals surface area contributed by atoms with Gasteiger partial charge in [0.1, 0.15) is 11.8 Å². The van der Waals surface area contributed by atoms with Gasteiger partial charge in [0.2, 0.25) is 5.88 Å². The molecular weight excluding hydrogens is 360 g/mol. The molecule has 0 N–H and O–H groups in total. The van der Waals surface area contributed by atoms with Crippen molar-refractivity contribution in [1.82, 2.24) is 10.2 Å². The number of rotatable bonds is 5. The Morgan fingerprint density at radius 1 is 0.724 bits per heavy atom. The maximum Gasteiger partial charge on any atom is 0.239 e. The Kier molecular flexibility index (Phi) is 5.36. The lowest BCUT2D eigenvalue weighted by atomic mass is 10.0. The molecule has 0 fully saturated rings. The zero-order valence-corrected chi connectivity index (χ0v) is 15.4. The number of hydrogen-bond acceptors (Lipinski definition) is 5. The Morgan fingerprint density at radius 3 is 1.93 bits per heavy atom. The largest absolute Gasteiger partial charge is 0.436 e. The number of para-hydroxylation sites is 1. The van der Waals surface area contributed by atoms with E-state index >= 15 is 0 Å². The predicted molar refractivity (Wildman–Crippen MR) is 111 cm³/mol. The van der Waals surface area contributed by atoms with E-state index in [0.29, 0.717) is 23.0 Å². The van der Waals surface area contributed by atoms with Gasteiger partial charge in [-0.25, -0.2) is 4.99 Å². The van der Waals surface area contributed by atoms with Gasteiger partial charge in [-0.2, -0.15) is 5.26 Å². The summed E-state index contributed by atoms with van der Waals surface area (Å²) in [6.07, 6.45) is 0. The Labute approximate surface area is 168 Å². The molecule has 0 radical (unpaired) electrons. The zero-order valence-electron chi connectivity index (χ0n) is 15.4. The maximum atomic E-state index is 9.17. The van der Waals surface area contributed by atoms with E-state index in [2.05, 4.69) is 16.3 Å². The average Bonchev–Trinajstić information content (AvgIpc) is 2.80. The number of aromatic nitrogens is 2. The van der Waals surface area contributed by atoms with Gasteiger partial charge in [0.05, 0.1) is 11.3 Å². The quantitative estimate of drug-likeness (QED) is 0.443. The molecule has 0 amide bonds. The third-order valence-electron chi connectivity index (χ3n) is 4.17. The van der Waals surface area contributed by atoms with Gasteiger partial charge in [-0.15, -0.1) is 10.2 Å². The van der Waals surface area contributed by atoms with Gasteiger partial charge < -0.3 is 4.74 Å². The molecule has 1 heterocycles. The highest BCUT2D eigenvalue weighted by atomic mass is 16.5. The van der Waals surface area contributed by atoms with Crippen LogP contribution in [0, 0.1) is 11.3 Å². The van der Waals surface area contributed by atoms with Crippen molar-refractivity contribution in [2.45, 2.75) is 0 Å². The first-order chi connectivity index (χ1) is 14.3. The zero-order chi connectivity index (χ0) is 19.9. The summed E-state index contributed by atoms with van der Waals surface area (Å²) >= 11 is 0. The predicted octanol–water partition coefficient (Wildman–Crippen LogP) is 5.31. The Bertz CT molecular complexity index is 1120. The van der Waals surface area contributed by atoms with Gasteiger partial charge in [-0.1, -0.05) is 72.8 Å². The fourth-order valence-electron chi connectivity index (χ4n) is 2.79. The third kappa shape index (κ3) is 4.34. The Morgan fingerprint density at radius 2 is 1.34 bits per heavy atom. The highest BCUT2D eigenvalue weighted by molar-refractivity contribution is 6.13. The summed E-state index contributed by atoms with van der Waals surface area (Å²) in [5.41, 5.74) is 3.23. The third-order valence-corrected chi connectivity index (χ3v) is 4.17. The van der Waals surface area contributed by atoms with Crippen LogP contribution >= 0.6 is 0 Å². The van der Waals surface area contributed by atoms with Crippen molar-refractivity contribution in [2.75, 3.05) is 0 Å². The molecule has 5 nitrogen and oxygen atoms in total. The molecule has 29 heavy (non-hydrogen) atoms. The molecule has 0 saturated carbocycles. The van der Waals surface area contributed by atoms with Crippen molar-refractivity contribution in [2.24, 2.45) is 4.99 Å². The van der Waals surface area contributed by atoms with Crippen molar-refractivity contribution in [3.05, 3.63) is 114 Å². The Balaban J connectivity index is 1.65. The molecule has 138 valence electrons. The first-order valence-corrected chi connectivity index (χ1v) is 9.04. The Hall–Kier alpha value is -4.30. The van der Waals surface area contributed by atoms with Gasteiger partial charge in [-0.05, 0) is 18.2 Å². The van der Waals surface area contributed by atoms with Crippen LogP contribution in [0.3, 0.4) is 0 Å². The maximum absolute atomic E-state index is 9.17. The molecule has 0 atom stereocenters. The number of benzene rings is 3. The van der Waals surface area contributed by atoms with Crippen LogP contribution in [-0.4, -0.2) is 15.9 Å². The molecule has 4 aromatic rings. The molecular formula is C24H16N4O.